The molecule has 3 amide bonds. The molecule has 3 rings (SSSR count). The van der Waals surface area contributed by atoms with Crippen LogP contribution in [0.2, 0.25) is 5.15 Å². The third-order valence-corrected chi connectivity index (χ3v) is 3.37. The zero-order valence-electron chi connectivity index (χ0n) is 11.2. The Hall–Kier alpha value is -2.73. The maximum Gasteiger partial charge on any atom is 0.262 e. The van der Waals surface area contributed by atoms with Gasteiger partial charge < -0.3 is 5.32 Å². The lowest BCUT2D eigenvalue weighted by Crippen LogP contribution is -2.37. The summed E-state index contributed by atoms with van der Waals surface area (Å²) in [5, 5.41) is 2.73. The predicted octanol–water partition coefficient (Wildman–Crippen LogP) is 1.97. The van der Waals surface area contributed by atoms with Crippen LogP contribution < -0.4 is 5.32 Å². The maximum atomic E-state index is 12.1. The van der Waals surface area contributed by atoms with Crippen molar-refractivity contribution >= 4 is 35.1 Å². The van der Waals surface area contributed by atoms with E-state index in [2.05, 4.69) is 10.3 Å². The zero-order chi connectivity index (χ0) is 15.7. The van der Waals surface area contributed by atoms with Gasteiger partial charge in [-0.15, -0.1) is 0 Å². The number of pyridine rings is 1. The van der Waals surface area contributed by atoms with Crippen LogP contribution in [0.3, 0.4) is 0 Å². The highest BCUT2D eigenvalue weighted by Gasteiger charge is 2.36. The van der Waals surface area contributed by atoms with Gasteiger partial charge >= 0.3 is 0 Å². The maximum absolute atomic E-state index is 12.1. The second-order valence-corrected chi connectivity index (χ2v) is 5.02. The number of fused-ring (bicyclic) bond motifs is 1. The van der Waals surface area contributed by atoms with Gasteiger partial charge in [-0.2, -0.15) is 0 Å². The Kier molecular flexibility index (Phi) is 3.60. The minimum atomic E-state index is -0.524. The average Bonchev–Trinajstić information content (AvgIpc) is 2.73. The monoisotopic (exact) mass is 315 g/mol. The Bertz CT molecular complexity index is 756. The molecule has 22 heavy (non-hydrogen) atoms. The molecule has 1 N–H and O–H groups in total. The number of rotatable bonds is 3. The first-order chi connectivity index (χ1) is 10.6. The van der Waals surface area contributed by atoms with Crippen LogP contribution in [0.1, 0.15) is 20.7 Å². The van der Waals surface area contributed by atoms with Gasteiger partial charge in [0.25, 0.3) is 11.8 Å². The van der Waals surface area contributed by atoms with E-state index in [1.807, 2.05) is 0 Å². The molecule has 1 aromatic heterocycles. The van der Waals surface area contributed by atoms with Crippen molar-refractivity contribution in [2.45, 2.75) is 0 Å². The number of halogens is 1. The summed E-state index contributed by atoms with van der Waals surface area (Å²) in [5.41, 5.74) is 0.613. The lowest BCUT2D eigenvalue weighted by molar-refractivity contribution is -0.116. The molecule has 0 aliphatic carbocycles. The topological polar surface area (TPSA) is 79.4 Å². The second kappa shape index (κ2) is 5.57. The fourth-order valence-electron chi connectivity index (χ4n) is 2.19. The standard InChI is InChI=1S/C15H10ClN3O3/c16-11-6-3-7-12(17-11)18-13(20)8-19-14(21)9-4-1-2-5-10(9)15(19)22/h1-7H,8H2,(H,17,18,20). The minimum absolute atomic E-state index is 0.235. The number of benzene rings is 1. The van der Waals surface area contributed by atoms with Gasteiger partial charge in [0, 0.05) is 0 Å². The lowest BCUT2D eigenvalue weighted by Gasteiger charge is -2.13. The van der Waals surface area contributed by atoms with Crippen molar-refractivity contribution < 1.29 is 14.4 Å². The number of imide groups is 1. The van der Waals surface area contributed by atoms with Crippen molar-refractivity contribution in [2.75, 3.05) is 11.9 Å². The van der Waals surface area contributed by atoms with Gasteiger partial charge in [-0.25, -0.2) is 4.98 Å². The third-order valence-electron chi connectivity index (χ3n) is 3.16. The van der Waals surface area contributed by atoms with Crippen LogP contribution in [0, 0.1) is 0 Å². The van der Waals surface area contributed by atoms with Crippen molar-refractivity contribution in [1.29, 1.82) is 0 Å². The Morgan fingerprint density at radius 3 is 2.27 bits per heavy atom. The first-order valence-corrected chi connectivity index (χ1v) is 6.81. The number of anilines is 1. The molecule has 0 fully saturated rings. The molecule has 1 aliphatic rings. The Morgan fingerprint density at radius 1 is 1.05 bits per heavy atom. The average molecular weight is 316 g/mol. The first-order valence-electron chi connectivity index (χ1n) is 6.44. The van der Waals surface area contributed by atoms with E-state index in [4.69, 9.17) is 11.6 Å². The first kappa shape index (κ1) is 14.2. The number of carbonyl (C=O) groups excluding carboxylic acids is 3. The van der Waals surface area contributed by atoms with E-state index in [0.29, 0.717) is 11.1 Å². The van der Waals surface area contributed by atoms with E-state index >= 15 is 0 Å². The quantitative estimate of drug-likeness (QED) is 0.693. The zero-order valence-corrected chi connectivity index (χ0v) is 12.0. The summed E-state index contributed by atoms with van der Waals surface area (Å²) in [6.07, 6.45) is 0. The summed E-state index contributed by atoms with van der Waals surface area (Å²) in [5.74, 6) is -1.22. The Labute approximate surface area is 130 Å². The highest BCUT2D eigenvalue weighted by Crippen LogP contribution is 2.22. The molecule has 2 aromatic rings. The molecule has 0 unspecified atom stereocenters. The fourth-order valence-corrected chi connectivity index (χ4v) is 2.35. The van der Waals surface area contributed by atoms with Crippen LogP contribution in [0.15, 0.2) is 42.5 Å². The van der Waals surface area contributed by atoms with Crippen molar-refractivity contribution in [3.63, 3.8) is 0 Å². The number of hydrogen-bond donors (Lipinski definition) is 1. The molecule has 7 heteroatoms. The van der Waals surface area contributed by atoms with Crippen LogP contribution in [0.25, 0.3) is 0 Å². The summed E-state index contributed by atoms with van der Waals surface area (Å²) in [7, 11) is 0. The van der Waals surface area contributed by atoms with E-state index in [0.717, 1.165) is 4.90 Å². The van der Waals surface area contributed by atoms with E-state index in [1.54, 1.807) is 42.5 Å². The molecule has 1 aliphatic heterocycles. The highest BCUT2D eigenvalue weighted by atomic mass is 35.5. The number of nitrogens with one attached hydrogen (secondary N) is 1. The molecular weight excluding hydrogens is 306 g/mol. The van der Waals surface area contributed by atoms with Crippen LogP contribution in [-0.2, 0) is 4.79 Å². The van der Waals surface area contributed by atoms with Gasteiger partial charge in [0.15, 0.2) is 0 Å². The number of nitrogens with zero attached hydrogens (tertiary/aromatic N) is 2. The Morgan fingerprint density at radius 2 is 1.68 bits per heavy atom. The summed E-state index contributed by atoms with van der Waals surface area (Å²) in [4.78, 5) is 41.1. The summed E-state index contributed by atoms with van der Waals surface area (Å²) < 4.78 is 0. The van der Waals surface area contributed by atoms with Crippen molar-refractivity contribution in [3.05, 3.63) is 58.7 Å². The lowest BCUT2D eigenvalue weighted by atomic mass is 10.1. The molecule has 1 aromatic carbocycles. The summed E-state index contributed by atoms with van der Waals surface area (Å²) in [6, 6.07) is 11.2. The van der Waals surface area contributed by atoms with E-state index in [1.165, 1.54) is 0 Å². The number of amides is 3. The molecular formula is C15H10ClN3O3. The van der Waals surface area contributed by atoms with Gasteiger partial charge in [0.2, 0.25) is 5.91 Å². The van der Waals surface area contributed by atoms with Gasteiger partial charge in [0.05, 0.1) is 11.1 Å². The SMILES string of the molecule is O=C(CN1C(=O)c2ccccc2C1=O)Nc1cccc(Cl)n1. The van der Waals surface area contributed by atoms with E-state index in [-0.39, 0.29) is 17.5 Å². The molecule has 0 radical (unpaired) electrons. The molecule has 0 spiro atoms. The van der Waals surface area contributed by atoms with Gasteiger partial charge in [0.1, 0.15) is 17.5 Å². The third kappa shape index (κ3) is 2.56. The molecule has 0 saturated carbocycles. The highest BCUT2D eigenvalue weighted by molar-refractivity contribution is 6.29. The molecule has 0 bridgehead atoms. The van der Waals surface area contributed by atoms with Crippen LogP contribution >= 0.6 is 11.6 Å². The van der Waals surface area contributed by atoms with Gasteiger partial charge in [-0.05, 0) is 24.3 Å². The summed E-state index contributed by atoms with van der Waals surface area (Å²) in [6.45, 7) is -0.374. The number of aromatic nitrogens is 1. The smallest absolute Gasteiger partial charge is 0.262 e. The predicted molar refractivity (Wildman–Crippen MR) is 79.7 cm³/mol. The molecule has 110 valence electrons. The summed E-state index contributed by atoms with van der Waals surface area (Å²) >= 11 is 5.72. The van der Waals surface area contributed by atoms with Gasteiger partial charge in [-0.1, -0.05) is 29.8 Å². The second-order valence-electron chi connectivity index (χ2n) is 4.64. The minimum Gasteiger partial charge on any atom is -0.309 e. The largest absolute Gasteiger partial charge is 0.309 e. The van der Waals surface area contributed by atoms with Crippen LogP contribution in [-0.4, -0.2) is 34.2 Å². The van der Waals surface area contributed by atoms with E-state index < -0.39 is 17.7 Å². The fraction of sp³-hybridized carbons (Fsp3) is 0.0667. The van der Waals surface area contributed by atoms with Gasteiger partial charge in [-0.3, -0.25) is 19.3 Å². The van der Waals surface area contributed by atoms with Crippen LogP contribution in [0.5, 0.6) is 0 Å². The molecule has 0 atom stereocenters. The van der Waals surface area contributed by atoms with Crippen LogP contribution in [0.4, 0.5) is 5.82 Å². The number of carbonyl (C=O) groups is 3. The van der Waals surface area contributed by atoms with Crippen molar-refractivity contribution in [2.24, 2.45) is 0 Å². The van der Waals surface area contributed by atoms with Crippen molar-refractivity contribution in [1.82, 2.24) is 9.88 Å². The number of hydrogen-bond acceptors (Lipinski definition) is 4. The Balaban J connectivity index is 1.73. The molecule has 0 saturated heterocycles. The van der Waals surface area contributed by atoms with Crippen molar-refractivity contribution in [3.8, 4) is 0 Å². The normalized spacial score (nSPS) is 13.2. The molecule has 2 heterocycles. The molecule has 6 nitrogen and oxygen atoms in total. The van der Waals surface area contributed by atoms with E-state index in [9.17, 15) is 14.4 Å².